The van der Waals surface area contributed by atoms with E-state index >= 15 is 0 Å². The number of anilines is 1. The number of aromatic nitrogens is 1. The molecule has 1 atom stereocenters. The fraction of sp³-hybridized carbons (Fsp3) is 0.333. The van der Waals surface area contributed by atoms with Gasteiger partial charge in [-0.25, -0.2) is 8.42 Å². The van der Waals surface area contributed by atoms with E-state index in [2.05, 4.69) is 15.6 Å². The largest absolute Gasteiger partial charge is 0.467 e. The molecule has 3 rings (SSSR count). The first kappa shape index (κ1) is 15.5. The number of pyridine rings is 1. The molecule has 7 nitrogen and oxygen atoms in total. The highest BCUT2D eigenvalue weighted by molar-refractivity contribution is 7.91. The zero-order valence-corrected chi connectivity index (χ0v) is 13.2. The third kappa shape index (κ3) is 4.10. The average molecular weight is 335 g/mol. The number of nitrogens with one attached hydrogen (secondary N) is 2. The number of rotatable bonds is 5. The van der Waals surface area contributed by atoms with Crippen LogP contribution in [0.25, 0.3) is 0 Å². The third-order valence-corrected chi connectivity index (χ3v) is 5.37. The molecule has 2 aromatic heterocycles. The number of amides is 1. The number of hydrogen-bond donors (Lipinski definition) is 2. The maximum Gasteiger partial charge on any atom is 0.270 e. The van der Waals surface area contributed by atoms with E-state index < -0.39 is 9.84 Å². The van der Waals surface area contributed by atoms with E-state index in [0.717, 1.165) is 0 Å². The first-order valence-corrected chi connectivity index (χ1v) is 9.07. The van der Waals surface area contributed by atoms with Gasteiger partial charge in [0.1, 0.15) is 11.5 Å². The third-order valence-electron chi connectivity index (χ3n) is 3.60. The minimum absolute atomic E-state index is 0.120. The van der Waals surface area contributed by atoms with Crippen LogP contribution in [0.5, 0.6) is 0 Å². The van der Waals surface area contributed by atoms with Gasteiger partial charge in [-0.05, 0) is 30.7 Å². The van der Waals surface area contributed by atoms with Crippen molar-refractivity contribution < 1.29 is 17.6 Å². The van der Waals surface area contributed by atoms with Gasteiger partial charge in [0.2, 0.25) is 0 Å². The Balaban J connectivity index is 1.61. The second-order valence-corrected chi connectivity index (χ2v) is 7.66. The van der Waals surface area contributed by atoms with E-state index in [4.69, 9.17) is 4.42 Å². The van der Waals surface area contributed by atoms with E-state index in [-0.39, 0.29) is 35.7 Å². The van der Waals surface area contributed by atoms with Gasteiger partial charge >= 0.3 is 0 Å². The molecule has 1 aliphatic heterocycles. The Bertz CT molecular complexity index is 787. The number of nitrogens with zero attached hydrogens (tertiary/aromatic N) is 1. The van der Waals surface area contributed by atoms with Crippen molar-refractivity contribution in [2.45, 2.75) is 19.0 Å². The molecule has 122 valence electrons. The summed E-state index contributed by atoms with van der Waals surface area (Å²) in [5.74, 6) is 0.662. The summed E-state index contributed by atoms with van der Waals surface area (Å²) in [6.45, 7) is 0.284. The Morgan fingerprint density at radius 3 is 2.96 bits per heavy atom. The lowest BCUT2D eigenvalue weighted by Crippen LogP contribution is -2.24. The molecule has 1 saturated heterocycles. The van der Waals surface area contributed by atoms with Gasteiger partial charge in [-0.15, -0.1) is 0 Å². The van der Waals surface area contributed by atoms with Gasteiger partial charge in [0.25, 0.3) is 5.91 Å². The minimum Gasteiger partial charge on any atom is -0.467 e. The highest BCUT2D eigenvalue weighted by Crippen LogP contribution is 2.17. The molecule has 8 heteroatoms. The summed E-state index contributed by atoms with van der Waals surface area (Å²) in [6, 6.07) is 6.73. The lowest BCUT2D eigenvalue weighted by atomic mass is 10.2. The summed E-state index contributed by atoms with van der Waals surface area (Å²) >= 11 is 0. The van der Waals surface area contributed by atoms with Crippen LogP contribution in [0.15, 0.2) is 41.1 Å². The molecule has 23 heavy (non-hydrogen) atoms. The van der Waals surface area contributed by atoms with Crippen LogP contribution in [0.4, 0.5) is 5.69 Å². The van der Waals surface area contributed by atoms with Crippen LogP contribution >= 0.6 is 0 Å². The van der Waals surface area contributed by atoms with Crippen molar-refractivity contribution in [2.24, 2.45) is 0 Å². The highest BCUT2D eigenvalue weighted by Gasteiger charge is 2.27. The number of hydrogen-bond acceptors (Lipinski definition) is 6. The highest BCUT2D eigenvalue weighted by atomic mass is 32.2. The van der Waals surface area contributed by atoms with Gasteiger partial charge < -0.3 is 15.1 Å². The first-order valence-electron chi connectivity index (χ1n) is 7.25. The Hall–Kier alpha value is -2.35. The monoisotopic (exact) mass is 335 g/mol. The van der Waals surface area contributed by atoms with Gasteiger partial charge in [-0.1, -0.05) is 0 Å². The topological polar surface area (TPSA) is 101 Å². The molecule has 2 aromatic rings. The summed E-state index contributed by atoms with van der Waals surface area (Å²) in [4.78, 5) is 16.1. The predicted molar refractivity (Wildman–Crippen MR) is 84.8 cm³/mol. The molecule has 1 aliphatic rings. The van der Waals surface area contributed by atoms with Crippen molar-refractivity contribution in [1.29, 1.82) is 0 Å². The molecule has 2 N–H and O–H groups in total. The Labute approximate surface area is 134 Å². The maximum atomic E-state index is 12.1. The molecule has 1 fully saturated rings. The van der Waals surface area contributed by atoms with Gasteiger partial charge in [-0.2, -0.15) is 0 Å². The van der Waals surface area contributed by atoms with Gasteiger partial charge in [0, 0.05) is 17.9 Å². The zero-order chi connectivity index (χ0) is 16.3. The van der Waals surface area contributed by atoms with E-state index in [1.54, 1.807) is 30.5 Å². The van der Waals surface area contributed by atoms with Gasteiger partial charge in [-0.3, -0.25) is 9.78 Å². The molecule has 1 amide bonds. The van der Waals surface area contributed by atoms with Crippen molar-refractivity contribution in [3.8, 4) is 0 Å². The smallest absolute Gasteiger partial charge is 0.270 e. The van der Waals surface area contributed by atoms with Crippen LogP contribution in [-0.2, 0) is 16.4 Å². The van der Waals surface area contributed by atoms with Crippen LogP contribution in [0, 0.1) is 0 Å². The van der Waals surface area contributed by atoms with Gasteiger partial charge in [0.05, 0.1) is 24.3 Å². The van der Waals surface area contributed by atoms with Crippen molar-refractivity contribution in [3.63, 3.8) is 0 Å². The lowest BCUT2D eigenvalue weighted by Gasteiger charge is -2.13. The number of furan rings is 1. The molecule has 0 saturated carbocycles. The fourth-order valence-corrected chi connectivity index (χ4v) is 4.13. The van der Waals surface area contributed by atoms with E-state index in [9.17, 15) is 13.2 Å². The summed E-state index contributed by atoms with van der Waals surface area (Å²) in [6.07, 6.45) is 3.64. The number of carbonyl (C=O) groups is 1. The summed E-state index contributed by atoms with van der Waals surface area (Å²) in [5.41, 5.74) is 0.952. The average Bonchev–Trinajstić information content (AvgIpc) is 3.14. The SMILES string of the molecule is O=C(NCc1ccco1)c1cc(NC2CCS(=O)(=O)C2)ccn1. The standard InChI is InChI=1S/C15H17N3O4S/c19-15(17-9-13-2-1-6-22-13)14-8-11(3-5-16-14)18-12-4-7-23(20,21)10-12/h1-3,5-6,8,12H,4,7,9-10H2,(H,16,18)(H,17,19). The Morgan fingerprint density at radius 1 is 1.39 bits per heavy atom. The van der Waals surface area contributed by atoms with E-state index in [0.29, 0.717) is 17.9 Å². The zero-order valence-electron chi connectivity index (χ0n) is 12.4. The van der Waals surface area contributed by atoms with Crippen molar-refractivity contribution in [2.75, 3.05) is 16.8 Å². The van der Waals surface area contributed by atoms with Crippen molar-refractivity contribution in [1.82, 2.24) is 10.3 Å². The van der Waals surface area contributed by atoms with Crippen LogP contribution in [0.2, 0.25) is 0 Å². The van der Waals surface area contributed by atoms with Crippen LogP contribution in [-0.4, -0.2) is 36.9 Å². The van der Waals surface area contributed by atoms with Crippen LogP contribution in [0.1, 0.15) is 22.7 Å². The normalized spacial score (nSPS) is 19.4. The maximum absolute atomic E-state index is 12.1. The first-order chi connectivity index (χ1) is 11.0. The molecule has 0 bridgehead atoms. The predicted octanol–water partition coefficient (Wildman–Crippen LogP) is 1.20. The second kappa shape index (κ2) is 6.41. The molecular formula is C15H17N3O4S. The van der Waals surface area contributed by atoms with E-state index in [1.165, 1.54) is 6.20 Å². The molecule has 3 heterocycles. The molecule has 1 unspecified atom stereocenters. The molecule has 0 aliphatic carbocycles. The Kier molecular flexibility index (Phi) is 4.33. The Morgan fingerprint density at radius 2 is 2.26 bits per heavy atom. The second-order valence-electron chi connectivity index (χ2n) is 5.44. The van der Waals surface area contributed by atoms with Crippen molar-refractivity contribution >= 4 is 21.4 Å². The molecular weight excluding hydrogens is 318 g/mol. The number of sulfone groups is 1. The molecule has 0 aromatic carbocycles. The van der Waals surface area contributed by atoms with Crippen LogP contribution < -0.4 is 10.6 Å². The number of carbonyl (C=O) groups excluding carboxylic acids is 1. The summed E-state index contributed by atoms with van der Waals surface area (Å²) in [5, 5.41) is 5.86. The van der Waals surface area contributed by atoms with Crippen molar-refractivity contribution in [3.05, 3.63) is 48.2 Å². The fourth-order valence-electron chi connectivity index (χ4n) is 2.46. The minimum atomic E-state index is -2.94. The summed E-state index contributed by atoms with van der Waals surface area (Å²) in [7, 11) is -2.94. The van der Waals surface area contributed by atoms with Crippen LogP contribution in [0.3, 0.4) is 0 Å². The summed E-state index contributed by atoms with van der Waals surface area (Å²) < 4.78 is 28.1. The molecule has 0 radical (unpaired) electrons. The van der Waals surface area contributed by atoms with Gasteiger partial charge in [0.15, 0.2) is 9.84 Å². The van der Waals surface area contributed by atoms with E-state index in [1.807, 2.05) is 0 Å². The quantitative estimate of drug-likeness (QED) is 0.851. The molecule has 0 spiro atoms. The lowest BCUT2D eigenvalue weighted by molar-refractivity contribution is 0.0943.